The molecule has 2 aliphatic rings. The van der Waals surface area contributed by atoms with Crippen LogP contribution < -0.4 is 0 Å². The Balaban J connectivity index is 1.91. The van der Waals surface area contributed by atoms with Crippen molar-refractivity contribution in [3.05, 3.63) is 119 Å². The molecule has 43 heavy (non-hydrogen) atoms. The van der Waals surface area contributed by atoms with Gasteiger partial charge in [0.05, 0.1) is 17.8 Å². The largest absolute Gasteiger partial charge is 0.393 e. The second-order valence-corrected chi connectivity index (χ2v) is 14.5. The smallest absolute Gasteiger partial charge is 0.0711 e. The van der Waals surface area contributed by atoms with Gasteiger partial charge in [-0.2, -0.15) is 0 Å². The van der Waals surface area contributed by atoms with E-state index in [0.717, 1.165) is 24.0 Å². The highest BCUT2D eigenvalue weighted by Crippen LogP contribution is 2.47. The molecule has 1 fully saturated rings. The van der Waals surface area contributed by atoms with Crippen LogP contribution >= 0.6 is 0 Å². The van der Waals surface area contributed by atoms with Gasteiger partial charge in [0.1, 0.15) is 0 Å². The summed E-state index contributed by atoms with van der Waals surface area (Å²) in [6.45, 7) is 21.0. The Kier molecular flexibility index (Phi) is 13.4. The number of aliphatic hydroxyl groups is 3. The summed E-state index contributed by atoms with van der Waals surface area (Å²) >= 11 is 0. The average molecular weight is 587 g/mol. The monoisotopic (exact) mass is 586 g/mol. The number of rotatable bonds is 10. The van der Waals surface area contributed by atoms with Gasteiger partial charge in [0.25, 0.3) is 0 Å². The van der Waals surface area contributed by atoms with Crippen molar-refractivity contribution in [1.82, 2.24) is 0 Å². The first-order valence-corrected chi connectivity index (χ1v) is 15.8. The first kappa shape index (κ1) is 36.5. The van der Waals surface area contributed by atoms with Crippen molar-refractivity contribution in [3.63, 3.8) is 0 Å². The van der Waals surface area contributed by atoms with E-state index in [0.29, 0.717) is 12.8 Å². The van der Waals surface area contributed by atoms with Gasteiger partial charge >= 0.3 is 0 Å². The van der Waals surface area contributed by atoms with Crippen LogP contribution in [0.5, 0.6) is 0 Å². The maximum absolute atomic E-state index is 10.9. The molecule has 4 atom stereocenters. The maximum atomic E-state index is 10.9. The van der Waals surface area contributed by atoms with Gasteiger partial charge in [-0.3, -0.25) is 0 Å². The molecule has 3 heteroatoms. The highest BCUT2D eigenvalue weighted by molar-refractivity contribution is 5.38. The molecule has 2 aliphatic carbocycles. The quantitative estimate of drug-likeness (QED) is 0.223. The molecule has 0 aromatic carbocycles. The lowest BCUT2D eigenvalue weighted by Gasteiger charge is -2.48. The van der Waals surface area contributed by atoms with E-state index in [-0.39, 0.29) is 22.9 Å². The predicted octanol–water partition coefficient (Wildman–Crippen LogP) is 9.60. The Bertz CT molecular complexity index is 1250. The third kappa shape index (κ3) is 12.1. The van der Waals surface area contributed by atoms with Crippen molar-refractivity contribution in [3.8, 4) is 0 Å². The molecule has 236 valence electrons. The van der Waals surface area contributed by atoms with Gasteiger partial charge in [0.15, 0.2) is 0 Å². The fraction of sp³-hybridized carbons (Fsp3) is 0.500. The Hall–Kier alpha value is -2.72. The van der Waals surface area contributed by atoms with Crippen LogP contribution in [0.2, 0.25) is 0 Å². The van der Waals surface area contributed by atoms with Gasteiger partial charge in [0.2, 0.25) is 0 Å². The van der Waals surface area contributed by atoms with E-state index >= 15 is 0 Å². The van der Waals surface area contributed by atoms with E-state index in [9.17, 15) is 15.3 Å². The van der Waals surface area contributed by atoms with Crippen LogP contribution in [0.4, 0.5) is 0 Å². The molecule has 0 heterocycles. The Morgan fingerprint density at radius 2 is 1.14 bits per heavy atom. The molecule has 3 nitrogen and oxygen atoms in total. The second kappa shape index (κ2) is 15.8. The Morgan fingerprint density at radius 1 is 0.651 bits per heavy atom. The molecule has 0 radical (unpaired) electrons. The Morgan fingerprint density at radius 3 is 1.65 bits per heavy atom. The topological polar surface area (TPSA) is 60.7 Å². The molecule has 0 bridgehead atoms. The zero-order valence-electron chi connectivity index (χ0n) is 28.5. The number of hydrogen-bond donors (Lipinski definition) is 3. The lowest BCUT2D eigenvalue weighted by molar-refractivity contribution is -0.111. The normalized spacial score (nSPS) is 29.8. The molecular weight excluding hydrogens is 528 g/mol. The van der Waals surface area contributed by atoms with E-state index in [1.165, 1.54) is 22.3 Å². The fourth-order valence-corrected chi connectivity index (χ4v) is 6.70. The number of hydrogen-bond acceptors (Lipinski definition) is 3. The van der Waals surface area contributed by atoms with Gasteiger partial charge in [-0.05, 0) is 77.2 Å². The van der Waals surface area contributed by atoms with Gasteiger partial charge in [-0.25, -0.2) is 0 Å². The number of allylic oxidation sites excluding steroid dienone is 18. The van der Waals surface area contributed by atoms with E-state index in [4.69, 9.17) is 0 Å². The third-order valence-corrected chi connectivity index (χ3v) is 8.73. The molecule has 0 amide bonds. The van der Waals surface area contributed by atoms with Crippen LogP contribution in [-0.2, 0) is 0 Å². The molecule has 0 saturated heterocycles. The van der Waals surface area contributed by atoms with Crippen LogP contribution in [0, 0.1) is 16.7 Å². The number of aliphatic hydroxyl groups excluding tert-OH is 2. The van der Waals surface area contributed by atoms with Crippen molar-refractivity contribution in [2.24, 2.45) is 16.7 Å². The third-order valence-electron chi connectivity index (χ3n) is 8.73. The van der Waals surface area contributed by atoms with E-state index in [1.807, 2.05) is 6.92 Å². The van der Waals surface area contributed by atoms with Gasteiger partial charge in [-0.1, -0.05) is 141 Å². The lowest BCUT2D eigenvalue weighted by Crippen LogP contribution is -2.50. The highest BCUT2D eigenvalue weighted by atomic mass is 16.3. The lowest BCUT2D eigenvalue weighted by atomic mass is 9.61. The van der Waals surface area contributed by atoms with Crippen LogP contribution in [0.15, 0.2) is 119 Å². The maximum Gasteiger partial charge on any atom is 0.0711 e. The summed E-state index contributed by atoms with van der Waals surface area (Å²) in [6, 6.07) is 0. The summed E-state index contributed by atoms with van der Waals surface area (Å²) in [5.41, 5.74) is 6.19. The molecule has 0 aliphatic heterocycles. The van der Waals surface area contributed by atoms with Gasteiger partial charge in [0, 0.05) is 12.3 Å². The van der Waals surface area contributed by atoms with Crippen molar-refractivity contribution in [2.75, 3.05) is 0 Å². The SMILES string of the molecule is CC(C=CC=C(C)C=CC1=C(C)CC(O)CC1(C)C)=CC=CC=C(C)C=CC=C(C)C=CC1C(C)(C)CC(O)CC1(C)O. The van der Waals surface area contributed by atoms with Crippen molar-refractivity contribution >= 4 is 0 Å². The first-order chi connectivity index (χ1) is 19.9. The average Bonchev–Trinajstić information content (AvgIpc) is 2.83. The van der Waals surface area contributed by atoms with Gasteiger partial charge < -0.3 is 15.3 Å². The molecule has 0 aromatic heterocycles. The summed E-state index contributed by atoms with van der Waals surface area (Å²) in [4.78, 5) is 0. The van der Waals surface area contributed by atoms with Crippen LogP contribution in [0.25, 0.3) is 0 Å². The van der Waals surface area contributed by atoms with E-state index in [2.05, 4.69) is 147 Å². The molecule has 0 spiro atoms. The molecule has 0 aromatic rings. The van der Waals surface area contributed by atoms with Crippen molar-refractivity contribution < 1.29 is 15.3 Å². The Labute approximate surface area is 262 Å². The van der Waals surface area contributed by atoms with Crippen LogP contribution in [-0.4, -0.2) is 33.1 Å². The van der Waals surface area contributed by atoms with E-state index < -0.39 is 11.7 Å². The van der Waals surface area contributed by atoms with Gasteiger partial charge in [-0.15, -0.1) is 0 Å². The van der Waals surface area contributed by atoms with Crippen LogP contribution in [0.3, 0.4) is 0 Å². The fourth-order valence-electron chi connectivity index (χ4n) is 6.70. The molecule has 1 saturated carbocycles. The summed E-state index contributed by atoms with van der Waals surface area (Å²) in [7, 11) is 0. The van der Waals surface area contributed by atoms with Crippen molar-refractivity contribution in [1.29, 1.82) is 0 Å². The molecule has 2 rings (SSSR count). The van der Waals surface area contributed by atoms with Crippen LogP contribution in [0.1, 0.15) is 94.9 Å². The molecule has 3 N–H and O–H groups in total. The predicted molar refractivity (Wildman–Crippen MR) is 186 cm³/mol. The zero-order valence-corrected chi connectivity index (χ0v) is 28.5. The molecular formula is C40H58O3. The minimum Gasteiger partial charge on any atom is -0.393 e. The summed E-state index contributed by atoms with van der Waals surface area (Å²) < 4.78 is 0. The highest BCUT2D eigenvalue weighted by Gasteiger charge is 2.47. The molecule has 4 unspecified atom stereocenters. The summed E-state index contributed by atoms with van der Waals surface area (Å²) in [5.74, 6) is -0.0107. The zero-order chi connectivity index (χ0) is 32.4. The van der Waals surface area contributed by atoms with E-state index in [1.54, 1.807) is 0 Å². The second-order valence-electron chi connectivity index (χ2n) is 14.5. The summed E-state index contributed by atoms with van der Waals surface area (Å²) in [5, 5.41) is 31.2. The standard InChI is InChI=1S/C40H58O3/c1-29(17-13-19-31(3)21-23-36-33(5)25-34(41)26-38(36,6)7)15-11-12-16-30(2)18-14-20-32(4)22-24-37-39(8,9)27-35(42)28-40(37,10)43/h11-24,34-35,37,41-43H,25-28H2,1-10H3. The minimum atomic E-state index is -0.912. The van der Waals surface area contributed by atoms with Crippen molar-refractivity contribution in [2.45, 2.75) is 113 Å². The summed E-state index contributed by atoms with van der Waals surface area (Å²) in [6.07, 6.45) is 31.4. The minimum absolute atomic E-state index is 0.00190. The first-order valence-electron chi connectivity index (χ1n) is 15.8.